The summed E-state index contributed by atoms with van der Waals surface area (Å²) < 4.78 is 7.68. The van der Waals surface area contributed by atoms with Crippen molar-refractivity contribution in [3.05, 3.63) is 53.9 Å². The second-order valence-corrected chi connectivity index (χ2v) is 6.19. The molecule has 4 nitrogen and oxygen atoms in total. The first kappa shape index (κ1) is 14.3. The lowest BCUT2D eigenvalue weighted by molar-refractivity contribution is 0.0214. The number of ether oxygens (including phenoxy) is 1. The van der Waals surface area contributed by atoms with E-state index in [1.54, 1.807) is 0 Å². The van der Waals surface area contributed by atoms with E-state index >= 15 is 0 Å². The van der Waals surface area contributed by atoms with E-state index in [4.69, 9.17) is 4.74 Å². The summed E-state index contributed by atoms with van der Waals surface area (Å²) in [6.07, 6.45) is 4.88. The third-order valence-electron chi connectivity index (χ3n) is 4.20. The van der Waals surface area contributed by atoms with Crippen LogP contribution in [0.5, 0.6) is 0 Å². The monoisotopic (exact) mass is 285 g/mol. The van der Waals surface area contributed by atoms with E-state index in [-0.39, 0.29) is 5.60 Å². The fourth-order valence-corrected chi connectivity index (χ4v) is 2.82. The van der Waals surface area contributed by atoms with Crippen molar-refractivity contribution >= 4 is 0 Å². The predicted molar refractivity (Wildman–Crippen MR) is 83.0 cm³/mol. The second-order valence-electron chi connectivity index (χ2n) is 6.19. The Morgan fingerprint density at radius 3 is 2.67 bits per heavy atom. The summed E-state index contributed by atoms with van der Waals surface area (Å²) in [5.41, 5.74) is 2.52. The van der Waals surface area contributed by atoms with Crippen molar-refractivity contribution in [1.82, 2.24) is 15.1 Å². The minimum absolute atomic E-state index is 0.0555. The van der Waals surface area contributed by atoms with Gasteiger partial charge < -0.3 is 10.1 Å². The van der Waals surface area contributed by atoms with Gasteiger partial charge in [0.2, 0.25) is 0 Å². The van der Waals surface area contributed by atoms with Crippen LogP contribution in [0, 0.1) is 0 Å². The van der Waals surface area contributed by atoms with Crippen LogP contribution in [0.2, 0.25) is 0 Å². The van der Waals surface area contributed by atoms with E-state index in [2.05, 4.69) is 48.5 Å². The van der Waals surface area contributed by atoms with Crippen LogP contribution in [0.15, 0.2) is 42.7 Å². The number of hydrogen-bond donors (Lipinski definition) is 1. The molecule has 0 unspecified atom stereocenters. The summed E-state index contributed by atoms with van der Waals surface area (Å²) in [5, 5.41) is 7.84. The van der Waals surface area contributed by atoms with Crippen molar-refractivity contribution in [2.24, 2.45) is 0 Å². The summed E-state index contributed by atoms with van der Waals surface area (Å²) in [5.74, 6) is 0. The molecule has 0 radical (unpaired) electrons. The molecular formula is C17H23N3O. The van der Waals surface area contributed by atoms with Gasteiger partial charge in [-0.05, 0) is 37.5 Å². The van der Waals surface area contributed by atoms with Gasteiger partial charge in [-0.15, -0.1) is 0 Å². The third-order valence-corrected chi connectivity index (χ3v) is 4.20. The van der Waals surface area contributed by atoms with Crippen LogP contribution in [-0.4, -0.2) is 28.0 Å². The number of benzene rings is 1. The molecule has 0 saturated carbocycles. The molecule has 0 aliphatic carbocycles. The smallest absolute Gasteiger partial charge is 0.0779 e. The van der Waals surface area contributed by atoms with Gasteiger partial charge in [-0.1, -0.05) is 24.3 Å². The van der Waals surface area contributed by atoms with Gasteiger partial charge in [0.25, 0.3) is 0 Å². The first-order chi connectivity index (χ1) is 10.1. The van der Waals surface area contributed by atoms with Crippen molar-refractivity contribution in [3.63, 3.8) is 0 Å². The number of rotatable bonds is 5. The lowest BCUT2D eigenvalue weighted by Gasteiger charge is -2.26. The highest BCUT2D eigenvalue weighted by Gasteiger charge is 2.35. The SMILES string of the molecule is CC1(C)OCC[C@@H]1NCc1ccc(Cn2cccn2)cc1. The molecule has 21 heavy (non-hydrogen) atoms. The van der Waals surface area contributed by atoms with Gasteiger partial charge in [0.1, 0.15) is 0 Å². The fraction of sp³-hybridized carbons (Fsp3) is 0.471. The van der Waals surface area contributed by atoms with Gasteiger partial charge in [-0.2, -0.15) is 5.10 Å². The van der Waals surface area contributed by atoms with Crippen molar-refractivity contribution in [3.8, 4) is 0 Å². The maximum Gasteiger partial charge on any atom is 0.0779 e. The maximum absolute atomic E-state index is 5.75. The Balaban J connectivity index is 1.55. The van der Waals surface area contributed by atoms with Crippen molar-refractivity contribution in [2.75, 3.05) is 6.61 Å². The molecule has 3 rings (SSSR count). The summed E-state index contributed by atoms with van der Waals surface area (Å²) in [6, 6.07) is 11.1. The first-order valence-corrected chi connectivity index (χ1v) is 7.56. The highest BCUT2D eigenvalue weighted by atomic mass is 16.5. The standard InChI is InChI=1S/C17H23N3O/c1-17(2)16(8-11-21-17)18-12-14-4-6-15(7-5-14)13-20-10-3-9-19-20/h3-7,9-10,16,18H,8,11-13H2,1-2H3/t16-/m0/s1. The Labute approximate surface area is 126 Å². The average Bonchev–Trinajstić information content (AvgIpc) is 3.08. The lowest BCUT2D eigenvalue weighted by atomic mass is 9.99. The Morgan fingerprint density at radius 1 is 1.29 bits per heavy atom. The van der Waals surface area contributed by atoms with Crippen LogP contribution < -0.4 is 5.32 Å². The van der Waals surface area contributed by atoms with Gasteiger partial charge in [-0.3, -0.25) is 4.68 Å². The number of hydrogen-bond acceptors (Lipinski definition) is 3. The molecule has 1 aliphatic heterocycles. The Kier molecular flexibility index (Phi) is 4.08. The van der Waals surface area contributed by atoms with Crippen molar-refractivity contribution < 1.29 is 4.74 Å². The highest BCUT2D eigenvalue weighted by molar-refractivity contribution is 5.22. The van der Waals surface area contributed by atoms with E-state index in [0.29, 0.717) is 6.04 Å². The third kappa shape index (κ3) is 3.52. The predicted octanol–water partition coefficient (Wildman–Crippen LogP) is 2.59. The molecule has 1 fully saturated rings. The molecule has 0 amide bonds. The van der Waals surface area contributed by atoms with Crippen molar-refractivity contribution in [2.45, 2.75) is 45.0 Å². The van der Waals surface area contributed by atoms with E-state index in [1.165, 1.54) is 11.1 Å². The summed E-state index contributed by atoms with van der Waals surface area (Å²) >= 11 is 0. The van der Waals surface area contributed by atoms with E-state index in [1.807, 2.05) is 23.1 Å². The molecule has 1 atom stereocenters. The van der Waals surface area contributed by atoms with Crippen LogP contribution in [0.1, 0.15) is 31.4 Å². The normalized spacial score (nSPS) is 20.8. The minimum atomic E-state index is -0.0555. The first-order valence-electron chi connectivity index (χ1n) is 7.56. The number of aromatic nitrogens is 2. The Hall–Kier alpha value is -1.65. The molecule has 112 valence electrons. The average molecular weight is 285 g/mol. The highest BCUT2D eigenvalue weighted by Crippen LogP contribution is 2.25. The zero-order valence-electron chi connectivity index (χ0n) is 12.7. The van der Waals surface area contributed by atoms with Gasteiger partial charge in [0.05, 0.1) is 12.1 Å². The lowest BCUT2D eigenvalue weighted by Crippen LogP contribution is -2.42. The second kappa shape index (κ2) is 6.00. The largest absolute Gasteiger partial charge is 0.374 e. The van der Waals surface area contributed by atoms with Crippen LogP contribution >= 0.6 is 0 Å². The molecule has 1 aromatic heterocycles. The minimum Gasteiger partial charge on any atom is -0.374 e. The van der Waals surface area contributed by atoms with Crippen LogP contribution in [-0.2, 0) is 17.8 Å². The fourth-order valence-electron chi connectivity index (χ4n) is 2.82. The molecule has 4 heteroatoms. The Bertz CT molecular complexity index is 560. The van der Waals surface area contributed by atoms with E-state index in [9.17, 15) is 0 Å². The molecule has 0 spiro atoms. The molecular weight excluding hydrogens is 262 g/mol. The summed E-state index contributed by atoms with van der Waals surface area (Å²) in [7, 11) is 0. The zero-order valence-corrected chi connectivity index (χ0v) is 12.7. The zero-order chi connectivity index (χ0) is 14.7. The quantitative estimate of drug-likeness (QED) is 0.918. The Morgan fingerprint density at radius 2 is 2.05 bits per heavy atom. The van der Waals surface area contributed by atoms with Gasteiger partial charge in [-0.25, -0.2) is 0 Å². The topological polar surface area (TPSA) is 39.1 Å². The molecule has 2 aromatic rings. The molecule has 1 N–H and O–H groups in total. The molecule has 2 heterocycles. The van der Waals surface area contributed by atoms with Crippen LogP contribution in [0.3, 0.4) is 0 Å². The maximum atomic E-state index is 5.75. The molecule has 1 aliphatic rings. The van der Waals surface area contributed by atoms with E-state index in [0.717, 1.165) is 26.1 Å². The van der Waals surface area contributed by atoms with Gasteiger partial charge in [0, 0.05) is 31.6 Å². The van der Waals surface area contributed by atoms with Gasteiger partial charge in [0.15, 0.2) is 0 Å². The molecule has 0 bridgehead atoms. The van der Waals surface area contributed by atoms with Crippen LogP contribution in [0.4, 0.5) is 0 Å². The number of nitrogens with zero attached hydrogens (tertiary/aromatic N) is 2. The molecule has 1 saturated heterocycles. The van der Waals surface area contributed by atoms with E-state index < -0.39 is 0 Å². The van der Waals surface area contributed by atoms with Gasteiger partial charge >= 0.3 is 0 Å². The molecule has 1 aromatic carbocycles. The summed E-state index contributed by atoms with van der Waals surface area (Å²) in [4.78, 5) is 0. The van der Waals surface area contributed by atoms with Crippen molar-refractivity contribution in [1.29, 1.82) is 0 Å². The number of nitrogens with one attached hydrogen (secondary N) is 1. The van der Waals surface area contributed by atoms with Crippen LogP contribution in [0.25, 0.3) is 0 Å². The summed E-state index contributed by atoms with van der Waals surface area (Å²) in [6.45, 7) is 6.88.